The summed E-state index contributed by atoms with van der Waals surface area (Å²) < 4.78 is 5.17. The van der Waals surface area contributed by atoms with Gasteiger partial charge in [-0.2, -0.15) is 0 Å². The molecule has 5 unspecified atom stereocenters. The van der Waals surface area contributed by atoms with E-state index >= 15 is 0 Å². The second-order valence-corrected chi connectivity index (χ2v) is 11.8. The first-order chi connectivity index (χ1) is 17.2. The number of oxime groups is 1. The van der Waals surface area contributed by atoms with Crippen LogP contribution in [0.1, 0.15) is 59.8 Å². The van der Waals surface area contributed by atoms with Crippen molar-refractivity contribution in [2.24, 2.45) is 27.8 Å². The van der Waals surface area contributed by atoms with Crippen LogP contribution in [0.3, 0.4) is 0 Å². The summed E-state index contributed by atoms with van der Waals surface area (Å²) >= 11 is 0. The number of nitrogens with one attached hydrogen (secondary N) is 1. The number of fused-ring (bicyclic) bond motifs is 4. The van der Waals surface area contributed by atoms with Gasteiger partial charge in [0.1, 0.15) is 5.75 Å². The molecule has 5 atom stereocenters. The van der Waals surface area contributed by atoms with Gasteiger partial charge in [-0.1, -0.05) is 32.9 Å². The highest BCUT2D eigenvalue weighted by Gasteiger charge is 2.65. The topological polar surface area (TPSA) is 83.5 Å². The quantitative estimate of drug-likeness (QED) is 0.454. The Morgan fingerprint density at radius 1 is 1.08 bits per heavy atom. The molecule has 8 nitrogen and oxygen atoms in total. The number of ether oxygens (including phenoxy) is 1. The highest BCUT2D eigenvalue weighted by molar-refractivity contribution is 5.97. The molecule has 36 heavy (non-hydrogen) atoms. The smallest absolute Gasteiger partial charge is 0.437 e. The first-order valence-corrected chi connectivity index (χ1v) is 13.4. The van der Waals surface area contributed by atoms with Crippen molar-refractivity contribution in [3.63, 3.8) is 0 Å². The van der Waals surface area contributed by atoms with Crippen LogP contribution in [0.4, 0.5) is 10.5 Å². The summed E-state index contributed by atoms with van der Waals surface area (Å²) in [4.78, 5) is 35.3. The molecule has 4 fully saturated rings. The van der Waals surface area contributed by atoms with Crippen molar-refractivity contribution >= 4 is 23.4 Å². The molecule has 0 spiro atoms. The fraction of sp³-hybridized carbons (Fsp3) is 0.679. The molecule has 8 heteroatoms. The Hall–Kier alpha value is -2.61. The summed E-state index contributed by atoms with van der Waals surface area (Å²) in [6.45, 7) is 11.7. The summed E-state index contributed by atoms with van der Waals surface area (Å²) in [6, 6.07) is 7.77. The lowest BCUT2D eigenvalue weighted by atomic mass is 9.70. The lowest BCUT2D eigenvalue weighted by Gasteiger charge is -2.43. The number of amides is 2. The number of benzene rings is 1. The number of hydrogen-bond donors (Lipinski definition) is 1. The second kappa shape index (κ2) is 9.36. The van der Waals surface area contributed by atoms with Crippen LogP contribution in [0, 0.1) is 22.7 Å². The van der Waals surface area contributed by atoms with Gasteiger partial charge in [-0.05, 0) is 61.3 Å². The van der Waals surface area contributed by atoms with E-state index in [2.05, 4.69) is 41.0 Å². The highest BCUT2D eigenvalue weighted by Crippen LogP contribution is 2.66. The number of nitrogens with zero attached hydrogens (tertiary/aromatic N) is 3. The normalized spacial score (nSPS) is 33.7. The van der Waals surface area contributed by atoms with Gasteiger partial charge in [-0.3, -0.25) is 19.8 Å². The Kier molecular flexibility index (Phi) is 6.52. The molecule has 4 aliphatic rings. The number of methoxy groups -OCH3 is 1. The summed E-state index contributed by atoms with van der Waals surface area (Å²) in [7, 11) is 1.61. The van der Waals surface area contributed by atoms with E-state index in [1.54, 1.807) is 31.4 Å². The fourth-order valence-corrected chi connectivity index (χ4v) is 7.59. The van der Waals surface area contributed by atoms with Gasteiger partial charge in [0.2, 0.25) is 5.91 Å². The number of anilines is 1. The predicted octanol–water partition coefficient (Wildman–Crippen LogP) is 4.76. The molecular formula is C28H40N4O4. The molecule has 1 aromatic carbocycles. The van der Waals surface area contributed by atoms with Gasteiger partial charge in [-0.15, -0.1) is 0 Å². The predicted molar refractivity (Wildman–Crippen MR) is 139 cm³/mol. The number of piperazine rings is 1. The molecule has 1 aromatic rings. The maximum atomic E-state index is 12.6. The molecule has 2 aliphatic heterocycles. The summed E-state index contributed by atoms with van der Waals surface area (Å²) in [5.41, 5.74) is 1.65. The maximum absolute atomic E-state index is 12.6. The van der Waals surface area contributed by atoms with Crippen molar-refractivity contribution in [1.82, 2.24) is 9.80 Å². The van der Waals surface area contributed by atoms with E-state index in [1.165, 1.54) is 6.42 Å². The van der Waals surface area contributed by atoms with Crippen LogP contribution in [0.15, 0.2) is 29.4 Å². The zero-order chi connectivity index (χ0) is 25.7. The number of carbonyl (C=O) groups is 2. The third-order valence-electron chi connectivity index (χ3n) is 9.87. The third-order valence-corrected chi connectivity index (χ3v) is 9.87. The maximum Gasteiger partial charge on any atom is 0.437 e. The first-order valence-electron chi connectivity index (χ1n) is 13.4. The molecule has 2 saturated carbocycles. The van der Waals surface area contributed by atoms with Gasteiger partial charge in [0.15, 0.2) is 0 Å². The minimum Gasteiger partial charge on any atom is -0.497 e. The fourth-order valence-electron chi connectivity index (χ4n) is 7.59. The minimum absolute atomic E-state index is 0.0886. The average molecular weight is 497 g/mol. The van der Waals surface area contributed by atoms with Crippen LogP contribution in [0.5, 0.6) is 5.75 Å². The molecule has 5 rings (SSSR count). The Bertz CT molecular complexity index is 1020. The standard InChI is InChI=1S/C28H40N4O4/c1-6-24(33)32-19-9-10-20(32)16-31(15-19)17-22-23-13-14-28(4,27(23,2)3)25(22)30-36-26(34)29-18-7-11-21(35-5)12-8-18/h7-8,11-12,19-20,22-23H,6,9-10,13-17H2,1-5H3,(H,29,34)/b30-25-. The molecule has 0 radical (unpaired) electrons. The second-order valence-electron chi connectivity index (χ2n) is 11.8. The summed E-state index contributed by atoms with van der Waals surface area (Å²) in [5, 5.41) is 7.31. The lowest BCUT2D eigenvalue weighted by Crippen LogP contribution is -2.57. The zero-order valence-electron chi connectivity index (χ0n) is 22.3. The lowest BCUT2D eigenvalue weighted by molar-refractivity contribution is -0.136. The Morgan fingerprint density at radius 2 is 1.75 bits per heavy atom. The molecule has 2 aliphatic carbocycles. The summed E-state index contributed by atoms with van der Waals surface area (Å²) in [6.07, 6.45) is 4.43. The monoisotopic (exact) mass is 496 g/mol. The SMILES string of the molecule is CCC(=O)N1C2CCC1CN(CC1/C(=N/OC(=O)Nc3ccc(OC)cc3)C3(C)CCC1C3(C)C)C2. The molecule has 2 saturated heterocycles. The molecule has 1 N–H and O–H groups in total. The van der Waals surface area contributed by atoms with Gasteiger partial charge in [0.05, 0.1) is 12.8 Å². The molecule has 0 aromatic heterocycles. The van der Waals surface area contributed by atoms with Gasteiger partial charge in [0, 0.05) is 55.2 Å². The average Bonchev–Trinajstić information content (AvgIpc) is 3.32. The van der Waals surface area contributed by atoms with Crippen molar-refractivity contribution in [3.8, 4) is 5.75 Å². The van der Waals surface area contributed by atoms with E-state index < -0.39 is 6.09 Å². The van der Waals surface area contributed by atoms with E-state index in [-0.39, 0.29) is 22.7 Å². The highest BCUT2D eigenvalue weighted by atomic mass is 16.7. The van der Waals surface area contributed by atoms with Crippen LogP contribution in [-0.2, 0) is 9.63 Å². The van der Waals surface area contributed by atoms with E-state index in [4.69, 9.17) is 9.57 Å². The Labute approximate surface area is 214 Å². The molecule has 2 amide bonds. The third kappa shape index (κ3) is 4.07. The Morgan fingerprint density at radius 3 is 2.36 bits per heavy atom. The van der Waals surface area contributed by atoms with Crippen molar-refractivity contribution in [2.75, 3.05) is 32.1 Å². The van der Waals surface area contributed by atoms with E-state index in [0.29, 0.717) is 30.1 Å². The molecule has 2 heterocycles. The van der Waals surface area contributed by atoms with Crippen LogP contribution >= 0.6 is 0 Å². The largest absolute Gasteiger partial charge is 0.497 e. The van der Waals surface area contributed by atoms with Crippen LogP contribution in [0.2, 0.25) is 0 Å². The van der Waals surface area contributed by atoms with Crippen molar-refractivity contribution in [3.05, 3.63) is 24.3 Å². The Balaban J connectivity index is 1.30. The van der Waals surface area contributed by atoms with Gasteiger partial charge < -0.3 is 9.64 Å². The zero-order valence-corrected chi connectivity index (χ0v) is 22.3. The van der Waals surface area contributed by atoms with Gasteiger partial charge in [0.25, 0.3) is 0 Å². The van der Waals surface area contributed by atoms with Gasteiger partial charge in [-0.25, -0.2) is 4.79 Å². The van der Waals surface area contributed by atoms with Crippen molar-refractivity contribution in [1.29, 1.82) is 0 Å². The number of carbonyl (C=O) groups excluding carboxylic acids is 2. The minimum atomic E-state index is -0.583. The van der Waals surface area contributed by atoms with Crippen LogP contribution in [0.25, 0.3) is 0 Å². The van der Waals surface area contributed by atoms with Crippen LogP contribution < -0.4 is 10.1 Å². The number of likely N-dealkylation sites (tertiary alicyclic amines) is 1. The molecular weight excluding hydrogens is 456 g/mol. The van der Waals surface area contributed by atoms with E-state index in [9.17, 15) is 9.59 Å². The van der Waals surface area contributed by atoms with Crippen molar-refractivity contribution in [2.45, 2.75) is 71.9 Å². The summed E-state index contributed by atoms with van der Waals surface area (Å²) in [5.74, 6) is 1.76. The van der Waals surface area contributed by atoms with E-state index in [0.717, 1.165) is 50.4 Å². The van der Waals surface area contributed by atoms with E-state index in [1.807, 2.05) is 6.92 Å². The van der Waals surface area contributed by atoms with Crippen molar-refractivity contribution < 1.29 is 19.2 Å². The first kappa shape index (κ1) is 25.1. The molecule has 4 bridgehead atoms. The van der Waals surface area contributed by atoms with Gasteiger partial charge >= 0.3 is 6.09 Å². The number of rotatable bonds is 6. The number of hydrogen-bond acceptors (Lipinski definition) is 6. The van der Waals surface area contributed by atoms with Crippen LogP contribution in [-0.4, -0.2) is 66.3 Å². The molecule has 196 valence electrons.